The Labute approximate surface area is 153 Å². The van der Waals surface area contributed by atoms with Crippen LogP contribution in [0, 0.1) is 0 Å². The van der Waals surface area contributed by atoms with Gasteiger partial charge in [-0.05, 0) is 35.4 Å². The van der Waals surface area contributed by atoms with Crippen molar-refractivity contribution in [2.24, 2.45) is 0 Å². The number of ether oxygens (including phenoxy) is 2. The minimum Gasteiger partial charge on any atom is -0.465 e. The predicted molar refractivity (Wildman–Crippen MR) is 96.6 cm³/mol. The van der Waals surface area contributed by atoms with Gasteiger partial charge < -0.3 is 9.47 Å². The van der Waals surface area contributed by atoms with E-state index < -0.39 is 21.6 Å². The van der Waals surface area contributed by atoms with Crippen LogP contribution in [0.1, 0.15) is 21.5 Å². The van der Waals surface area contributed by atoms with E-state index in [4.69, 9.17) is 4.74 Å². The zero-order valence-corrected chi connectivity index (χ0v) is 15.5. The molecule has 0 fully saturated rings. The van der Waals surface area contributed by atoms with Crippen molar-refractivity contribution in [1.29, 1.82) is 0 Å². The Bertz CT molecular complexity index is 881. The number of nitrogens with one attached hydrogen (secondary N) is 1. The van der Waals surface area contributed by atoms with Gasteiger partial charge in [-0.3, -0.25) is 0 Å². The second-order valence-electron chi connectivity index (χ2n) is 6.35. The molecular weight excluding hydrogens is 354 g/mol. The summed E-state index contributed by atoms with van der Waals surface area (Å²) in [5, 5.41) is 0. The van der Waals surface area contributed by atoms with Crippen molar-refractivity contribution < 1.29 is 22.7 Å². The second kappa shape index (κ2) is 7.19. The fourth-order valence-electron chi connectivity index (χ4n) is 3.20. The van der Waals surface area contributed by atoms with Crippen LogP contribution in [-0.4, -0.2) is 40.8 Å². The Kier molecular flexibility index (Phi) is 5.13. The third-order valence-electron chi connectivity index (χ3n) is 4.75. The number of hydrogen-bond acceptors (Lipinski definition) is 5. The first-order valence-electron chi connectivity index (χ1n) is 8.19. The molecule has 0 spiro atoms. The lowest BCUT2D eigenvalue weighted by molar-refractivity contribution is 0.00378. The molecule has 0 saturated carbocycles. The van der Waals surface area contributed by atoms with Crippen LogP contribution in [0.4, 0.5) is 0 Å². The lowest BCUT2D eigenvalue weighted by Crippen LogP contribution is -2.45. The summed E-state index contributed by atoms with van der Waals surface area (Å²) in [6.07, 6.45) is 1.31. The van der Waals surface area contributed by atoms with Gasteiger partial charge in [0.25, 0.3) is 0 Å². The largest absolute Gasteiger partial charge is 0.465 e. The summed E-state index contributed by atoms with van der Waals surface area (Å²) in [5.41, 5.74) is 2.06. The quantitative estimate of drug-likeness (QED) is 0.781. The molecule has 6 nitrogen and oxygen atoms in total. The first kappa shape index (κ1) is 18.6. The van der Waals surface area contributed by atoms with Gasteiger partial charge in [0.05, 0.1) is 23.2 Å². The van der Waals surface area contributed by atoms with Crippen LogP contribution in [0.25, 0.3) is 0 Å². The van der Waals surface area contributed by atoms with Crippen LogP contribution < -0.4 is 4.72 Å². The molecule has 2 aromatic carbocycles. The smallest absolute Gasteiger partial charge is 0.337 e. The zero-order chi connectivity index (χ0) is 18.8. The highest BCUT2D eigenvalue weighted by Crippen LogP contribution is 2.32. The summed E-state index contributed by atoms with van der Waals surface area (Å²) in [7, 11) is -0.836. The van der Waals surface area contributed by atoms with E-state index in [0.29, 0.717) is 18.4 Å². The monoisotopic (exact) mass is 375 g/mol. The van der Waals surface area contributed by atoms with Gasteiger partial charge in [-0.2, -0.15) is 0 Å². The van der Waals surface area contributed by atoms with Crippen molar-refractivity contribution in [3.05, 3.63) is 65.2 Å². The Morgan fingerprint density at radius 1 is 1.04 bits per heavy atom. The standard InChI is InChI=1S/C19H21NO5S/c1-24-18(21)14-7-9-17(10-8-14)26(22,23)20-13-19(25-2)11-15-5-3-4-6-16(15)12-19/h3-10,20H,11-13H2,1-2H3. The van der Waals surface area contributed by atoms with Crippen molar-refractivity contribution in [1.82, 2.24) is 4.72 Å². The van der Waals surface area contributed by atoms with E-state index in [2.05, 4.69) is 9.46 Å². The maximum atomic E-state index is 12.6. The van der Waals surface area contributed by atoms with Gasteiger partial charge in [-0.1, -0.05) is 24.3 Å². The Hall–Kier alpha value is -2.22. The maximum Gasteiger partial charge on any atom is 0.337 e. The van der Waals surface area contributed by atoms with Crippen molar-refractivity contribution >= 4 is 16.0 Å². The minimum atomic E-state index is -3.71. The summed E-state index contributed by atoms with van der Waals surface area (Å²) < 4.78 is 38.1. The van der Waals surface area contributed by atoms with E-state index >= 15 is 0 Å². The molecule has 0 saturated heterocycles. The number of methoxy groups -OCH3 is 2. The van der Waals surface area contributed by atoms with Crippen molar-refractivity contribution in [3.8, 4) is 0 Å². The highest BCUT2D eigenvalue weighted by Gasteiger charge is 2.38. The highest BCUT2D eigenvalue weighted by molar-refractivity contribution is 7.89. The molecule has 0 bridgehead atoms. The fraction of sp³-hybridized carbons (Fsp3) is 0.316. The lowest BCUT2D eigenvalue weighted by Gasteiger charge is -2.27. The molecule has 1 aliphatic rings. The van der Waals surface area contributed by atoms with Crippen LogP contribution in [0.15, 0.2) is 53.4 Å². The number of carbonyl (C=O) groups excluding carboxylic acids is 1. The van der Waals surface area contributed by atoms with E-state index in [1.54, 1.807) is 7.11 Å². The van der Waals surface area contributed by atoms with E-state index in [0.717, 1.165) is 0 Å². The molecule has 1 aliphatic carbocycles. The molecule has 3 rings (SSSR count). The molecule has 26 heavy (non-hydrogen) atoms. The predicted octanol–water partition coefficient (Wildman–Crippen LogP) is 1.94. The summed E-state index contributed by atoms with van der Waals surface area (Å²) in [4.78, 5) is 11.5. The van der Waals surface area contributed by atoms with Crippen LogP contribution >= 0.6 is 0 Å². The number of sulfonamides is 1. The van der Waals surface area contributed by atoms with Gasteiger partial charge in [0.2, 0.25) is 10.0 Å². The van der Waals surface area contributed by atoms with E-state index in [1.165, 1.54) is 42.5 Å². The summed E-state index contributed by atoms with van der Waals surface area (Å²) in [5.74, 6) is -0.510. The first-order chi connectivity index (χ1) is 12.4. The van der Waals surface area contributed by atoms with Gasteiger partial charge in [-0.25, -0.2) is 17.9 Å². The third-order valence-corrected chi connectivity index (χ3v) is 6.16. The zero-order valence-electron chi connectivity index (χ0n) is 14.7. The molecule has 0 aliphatic heterocycles. The number of rotatable bonds is 6. The lowest BCUT2D eigenvalue weighted by atomic mass is 10.0. The van der Waals surface area contributed by atoms with Crippen LogP contribution in [0.5, 0.6) is 0 Å². The SMILES string of the molecule is COC(=O)c1ccc(S(=O)(=O)NCC2(OC)Cc3ccccc3C2)cc1. The van der Waals surface area contributed by atoms with Crippen molar-refractivity contribution in [3.63, 3.8) is 0 Å². The molecular formula is C19H21NO5S. The van der Waals surface area contributed by atoms with Crippen molar-refractivity contribution in [2.75, 3.05) is 20.8 Å². The summed E-state index contributed by atoms with van der Waals surface area (Å²) in [6.45, 7) is 0.166. The van der Waals surface area contributed by atoms with E-state index in [9.17, 15) is 13.2 Å². The molecule has 138 valence electrons. The van der Waals surface area contributed by atoms with Crippen LogP contribution in [0.3, 0.4) is 0 Å². The third kappa shape index (κ3) is 3.65. The molecule has 0 aromatic heterocycles. The van der Waals surface area contributed by atoms with Gasteiger partial charge >= 0.3 is 5.97 Å². The minimum absolute atomic E-state index is 0.0897. The highest BCUT2D eigenvalue weighted by atomic mass is 32.2. The van der Waals surface area contributed by atoms with Crippen molar-refractivity contribution in [2.45, 2.75) is 23.3 Å². The Morgan fingerprint density at radius 2 is 1.62 bits per heavy atom. The normalized spacial score (nSPS) is 15.5. The van der Waals surface area contributed by atoms with Gasteiger partial charge in [0, 0.05) is 26.5 Å². The molecule has 1 N–H and O–H groups in total. The molecule has 0 heterocycles. The molecule has 0 amide bonds. The average Bonchev–Trinajstić information content (AvgIpc) is 3.05. The van der Waals surface area contributed by atoms with Gasteiger partial charge in [0.15, 0.2) is 0 Å². The molecule has 7 heteroatoms. The first-order valence-corrected chi connectivity index (χ1v) is 9.67. The van der Waals surface area contributed by atoms with E-state index in [1.807, 2.05) is 24.3 Å². The molecule has 2 aromatic rings. The number of fused-ring (bicyclic) bond motifs is 1. The Balaban J connectivity index is 1.73. The fourth-order valence-corrected chi connectivity index (χ4v) is 4.31. The number of benzene rings is 2. The maximum absolute atomic E-state index is 12.6. The van der Waals surface area contributed by atoms with Crippen LogP contribution in [0.2, 0.25) is 0 Å². The van der Waals surface area contributed by atoms with Gasteiger partial charge in [-0.15, -0.1) is 0 Å². The van der Waals surface area contributed by atoms with Crippen LogP contribution in [-0.2, 0) is 32.3 Å². The number of carbonyl (C=O) groups is 1. The van der Waals surface area contributed by atoms with E-state index in [-0.39, 0.29) is 11.4 Å². The topological polar surface area (TPSA) is 81.7 Å². The molecule has 0 radical (unpaired) electrons. The molecule has 0 unspecified atom stereocenters. The van der Waals surface area contributed by atoms with Gasteiger partial charge in [0.1, 0.15) is 0 Å². The number of esters is 1. The summed E-state index contributed by atoms with van der Waals surface area (Å²) >= 11 is 0. The summed E-state index contributed by atoms with van der Waals surface area (Å²) in [6, 6.07) is 13.6. The number of hydrogen-bond donors (Lipinski definition) is 1. The second-order valence-corrected chi connectivity index (χ2v) is 8.12. The molecule has 0 atom stereocenters. The average molecular weight is 375 g/mol. The Morgan fingerprint density at radius 3 is 2.12 bits per heavy atom.